The predicted molar refractivity (Wildman–Crippen MR) is 104 cm³/mol. The summed E-state index contributed by atoms with van der Waals surface area (Å²) in [6, 6.07) is 12.2. The molecule has 0 aliphatic heterocycles. The van der Waals surface area contributed by atoms with Crippen LogP contribution >= 0.6 is 0 Å². The van der Waals surface area contributed by atoms with Crippen LogP contribution in [0.3, 0.4) is 0 Å². The van der Waals surface area contributed by atoms with Crippen LogP contribution in [-0.2, 0) is 9.53 Å². The van der Waals surface area contributed by atoms with Crippen molar-refractivity contribution in [3.05, 3.63) is 59.7 Å². The van der Waals surface area contributed by atoms with Gasteiger partial charge in [-0.2, -0.15) is 5.10 Å². The van der Waals surface area contributed by atoms with Crippen LogP contribution in [0.25, 0.3) is 0 Å². The number of carbonyl (C=O) groups excluding carboxylic acids is 3. The van der Waals surface area contributed by atoms with Crippen molar-refractivity contribution >= 4 is 29.2 Å². The Bertz CT molecular complexity index is 891. The highest BCUT2D eigenvalue weighted by Gasteiger charge is 2.09. The molecule has 8 heteroatoms. The van der Waals surface area contributed by atoms with E-state index < -0.39 is 11.9 Å². The Morgan fingerprint density at radius 2 is 1.79 bits per heavy atom. The lowest BCUT2D eigenvalue weighted by Gasteiger charge is -2.07. The van der Waals surface area contributed by atoms with Gasteiger partial charge in [-0.15, -0.1) is 0 Å². The third-order valence-corrected chi connectivity index (χ3v) is 3.55. The molecule has 3 N–H and O–H groups in total. The lowest BCUT2D eigenvalue weighted by Crippen LogP contribution is -2.21. The molecule has 0 bridgehead atoms. The molecule has 0 aromatic heterocycles. The summed E-state index contributed by atoms with van der Waals surface area (Å²) in [4.78, 5) is 35.6. The van der Waals surface area contributed by atoms with E-state index in [0.717, 1.165) is 0 Å². The number of aromatic hydroxyl groups is 1. The molecule has 0 heterocycles. The first kappa shape index (κ1) is 20.6. The molecule has 0 spiro atoms. The Hall–Kier alpha value is -3.68. The Morgan fingerprint density at radius 3 is 2.43 bits per heavy atom. The van der Waals surface area contributed by atoms with Gasteiger partial charge in [0.05, 0.1) is 18.6 Å². The van der Waals surface area contributed by atoms with E-state index in [1.807, 2.05) is 0 Å². The average molecular weight is 383 g/mol. The van der Waals surface area contributed by atoms with Crippen molar-refractivity contribution in [3.8, 4) is 5.75 Å². The molecule has 0 fully saturated rings. The number of anilines is 1. The molecular formula is C20H21N3O5. The monoisotopic (exact) mass is 383 g/mol. The molecule has 0 aliphatic carbocycles. The van der Waals surface area contributed by atoms with Crippen molar-refractivity contribution in [1.82, 2.24) is 5.43 Å². The maximum atomic E-state index is 12.1. The highest BCUT2D eigenvalue weighted by molar-refractivity contribution is 6.06. The van der Waals surface area contributed by atoms with Crippen LogP contribution in [0.5, 0.6) is 5.75 Å². The van der Waals surface area contributed by atoms with E-state index in [2.05, 4.69) is 15.8 Å². The van der Waals surface area contributed by atoms with E-state index in [1.54, 1.807) is 44.2 Å². The molecule has 0 saturated heterocycles. The highest BCUT2D eigenvalue weighted by Crippen LogP contribution is 2.12. The molecule has 0 aliphatic rings. The van der Waals surface area contributed by atoms with Crippen LogP contribution in [0.15, 0.2) is 53.6 Å². The number of hydrazone groups is 1. The number of rotatable bonds is 7. The minimum atomic E-state index is -0.495. The van der Waals surface area contributed by atoms with Gasteiger partial charge in [-0.25, -0.2) is 10.2 Å². The van der Waals surface area contributed by atoms with E-state index in [4.69, 9.17) is 4.74 Å². The molecule has 2 rings (SSSR count). The summed E-state index contributed by atoms with van der Waals surface area (Å²) in [5.74, 6) is -1.27. The summed E-state index contributed by atoms with van der Waals surface area (Å²) in [7, 11) is 0. The number of amides is 2. The van der Waals surface area contributed by atoms with Crippen molar-refractivity contribution < 1.29 is 24.2 Å². The lowest BCUT2D eigenvalue weighted by molar-refractivity contribution is -0.115. The van der Waals surface area contributed by atoms with E-state index >= 15 is 0 Å². The smallest absolute Gasteiger partial charge is 0.338 e. The molecule has 2 aromatic carbocycles. The second-order valence-electron chi connectivity index (χ2n) is 5.86. The Morgan fingerprint density at radius 1 is 1.07 bits per heavy atom. The van der Waals surface area contributed by atoms with E-state index in [1.165, 1.54) is 18.2 Å². The number of hydrogen-bond donors (Lipinski definition) is 3. The molecule has 146 valence electrons. The van der Waals surface area contributed by atoms with E-state index in [0.29, 0.717) is 17.0 Å². The third kappa shape index (κ3) is 6.24. The van der Waals surface area contributed by atoms with Crippen LogP contribution < -0.4 is 10.7 Å². The van der Waals surface area contributed by atoms with Gasteiger partial charge in [0.15, 0.2) is 0 Å². The average Bonchev–Trinajstić information content (AvgIpc) is 2.66. The van der Waals surface area contributed by atoms with Crippen LogP contribution in [0.4, 0.5) is 5.69 Å². The van der Waals surface area contributed by atoms with Crippen LogP contribution in [0.2, 0.25) is 0 Å². The number of carbonyl (C=O) groups is 3. The van der Waals surface area contributed by atoms with Gasteiger partial charge in [0.25, 0.3) is 5.91 Å². The number of ether oxygens (including phenoxy) is 1. The van der Waals surface area contributed by atoms with Crippen molar-refractivity contribution in [3.63, 3.8) is 0 Å². The molecular weight excluding hydrogens is 362 g/mol. The molecule has 8 nitrogen and oxygen atoms in total. The molecule has 2 aromatic rings. The molecule has 0 atom stereocenters. The van der Waals surface area contributed by atoms with Gasteiger partial charge in [0.1, 0.15) is 5.75 Å². The molecule has 28 heavy (non-hydrogen) atoms. The summed E-state index contributed by atoms with van der Waals surface area (Å²) in [5.41, 5.74) is 3.90. The van der Waals surface area contributed by atoms with Gasteiger partial charge in [-0.05, 0) is 56.3 Å². The number of hydrogen-bond acceptors (Lipinski definition) is 6. The zero-order chi connectivity index (χ0) is 20.5. The van der Waals surface area contributed by atoms with Gasteiger partial charge in [-0.1, -0.05) is 6.07 Å². The van der Waals surface area contributed by atoms with Crippen molar-refractivity contribution in [2.75, 3.05) is 11.9 Å². The Balaban J connectivity index is 1.87. The van der Waals surface area contributed by atoms with Crippen LogP contribution in [-0.4, -0.2) is 35.2 Å². The zero-order valence-corrected chi connectivity index (χ0v) is 15.6. The quantitative estimate of drug-likeness (QED) is 0.386. The second kappa shape index (κ2) is 9.86. The maximum absolute atomic E-state index is 12.1. The standard InChI is InChI=1S/C20H21N3O5/c1-3-28-20(27)14-7-9-16(10-8-14)21-18(25)11-13(2)22-23-19(26)15-5-4-6-17(24)12-15/h4-10,12,24H,3,11H2,1-2H3,(H,21,25)(H,23,26)/b22-13-. The van der Waals surface area contributed by atoms with Crippen LogP contribution in [0.1, 0.15) is 41.0 Å². The van der Waals surface area contributed by atoms with Gasteiger partial charge in [-0.3, -0.25) is 9.59 Å². The van der Waals surface area contributed by atoms with Crippen molar-refractivity contribution in [1.29, 1.82) is 0 Å². The molecule has 0 radical (unpaired) electrons. The number of phenols is 1. The summed E-state index contributed by atoms with van der Waals surface area (Å²) < 4.78 is 4.90. The number of nitrogens with one attached hydrogen (secondary N) is 2. The zero-order valence-electron chi connectivity index (χ0n) is 15.6. The fourth-order valence-corrected chi connectivity index (χ4v) is 2.24. The van der Waals surface area contributed by atoms with Crippen molar-refractivity contribution in [2.24, 2.45) is 5.10 Å². The lowest BCUT2D eigenvalue weighted by atomic mass is 10.2. The van der Waals surface area contributed by atoms with E-state index in [-0.39, 0.29) is 30.2 Å². The first-order chi connectivity index (χ1) is 13.4. The molecule has 0 saturated carbocycles. The maximum Gasteiger partial charge on any atom is 0.338 e. The van der Waals surface area contributed by atoms with Gasteiger partial charge in [0.2, 0.25) is 5.91 Å². The van der Waals surface area contributed by atoms with E-state index in [9.17, 15) is 19.5 Å². The SMILES string of the molecule is CCOC(=O)c1ccc(NC(=O)C/C(C)=N\NC(=O)c2cccc(O)c2)cc1. The third-order valence-electron chi connectivity index (χ3n) is 3.55. The first-order valence-corrected chi connectivity index (χ1v) is 8.58. The van der Waals surface area contributed by atoms with Gasteiger partial charge >= 0.3 is 5.97 Å². The number of esters is 1. The predicted octanol–water partition coefficient (Wildman–Crippen LogP) is 2.70. The molecule has 2 amide bonds. The Labute approximate surface area is 162 Å². The Kier molecular flexibility index (Phi) is 7.27. The number of nitrogens with zero attached hydrogens (tertiary/aromatic N) is 1. The summed E-state index contributed by atoms with van der Waals surface area (Å²) >= 11 is 0. The highest BCUT2D eigenvalue weighted by atomic mass is 16.5. The van der Waals surface area contributed by atoms with Crippen molar-refractivity contribution in [2.45, 2.75) is 20.3 Å². The van der Waals surface area contributed by atoms with Gasteiger partial charge in [0, 0.05) is 17.0 Å². The first-order valence-electron chi connectivity index (χ1n) is 8.58. The normalized spacial score (nSPS) is 10.9. The summed E-state index contributed by atoms with van der Waals surface area (Å²) in [5, 5.41) is 15.9. The minimum absolute atomic E-state index is 0.0262. The summed E-state index contributed by atoms with van der Waals surface area (Å²) in [6.45, 7) is 3.62. The van der Waals surface area contributed by atoms with Crippen LogP contribution in [0, 0.1) is 0 Å². The minimum Gasteiger partial charge on any atom is -0.508 e. The summed E-state index contributed by atoms with van der Waals surface area (Å²) in [6.07, 6.45) is -0.0278. The topological polar surface area (TPSA) is 117 Å². The largest absolute Gasteiger partial charge is 0.508 e. The van der Waals surface area contributed by atoms with Gasteiger partial charge < -0.3 is 15.2 Å². The second-order valence-corrected chi connectivity index (χ2v) is 5.86. The molecule has 0 unspecified atom stereocenters. The fraction of sp³-hybridized carbons (Fsp3) is 0.200. The fourth-order valence-electron chi connectivity index (χ4n) is 2.24. The number of benzene rings is 2. The number of phenolic OH excluding ortho intramolecular Hbond substituents is 1.